The van der Waals surface area contributed by atoms with Crippen LogP contribution < -0.4 is 16.0 Å². The van der Waals surface area contributed by atoms with E-state index >= 15 is 0 Å². The monoisotopic (exact) mass is 286 g/mol. The number of hydrogen-bond acceptors (Lipinski definition) is 6. The van der Waals surface area contributed by atoms with Crippen LogP contribution in [0.2, 0.25) is 0 Å². The van der Waals surface area contributed by atoms with Gasteiger partial charge in [0.1, 0.15) is 17.7 Å². The summed E-state index contributed by atoms with van der Waals surface area (Å²) >= 11 is 0. The summed E-state index contributed by atoms with van der Waals surface area (Å²) in [6, 6.07) is 7.05. The average Bonchev–Trinajstić information content (AvgIpc) is 2.86. The highest BCUT2D eigenvalue weighted by Crippen LogP contribution is 2.12. The van der Waals surface area contributed by atoms with Gasteiger partial charge in [0.2, 0.25) is 0 Å². The Balaban J connectivity index is 1.72. The summed E-state index contributed by atoms with van der Waals surface area (Å²) in [5.41, 5.74) is 6.51. The number of anilines is 1. The van der Waals surface area contributed by atoms with E-state index in [9.17, 15) is 4.79 Å². The Morgan fingerprint density at radius 1 is 1.29 bits per heavy atom. The first-order chi connectivity index (χ1) is 10.1. The molecule has 21 heavy (non-hydrogen) atoms. The van der Waals surface area contributed by atoms with Crippen LogP contribution in [0.25, 0.3) is 11.0 Å². The number of aryl methyl sites for hydroxylation is 1. The Morgan fingerprint density at radius 2 is 2.05 bits per heavy atom. The van der Waals surface area contributed by atoms with Crippen molar-refractivity contribution in [3.63, 3.8) is 0 Å². The molecule has 0 aliphatic heterocycles. The molecule has 2 heterocycles. The molecule has 0 atom stereocenters. The topological polar surface area (TPSA) is 101 Å². The highest BCUT2D eigenvalue weighted by Gasteiger charge is 2.09. The van der Waals surface area contributed by atoms with Crippen LogP contribution in [0.1, 0.15) is 0 Å². The van der Waals surface area contributed by atoms with Crippen LogP contribution >= 0.6 is 0 Å². The first-order valence-corrected chi connectivity index (χ1v) is 6.39. The standard InChI is InChI=1S/C13H14N6O2/c1-18-12-11(8-15-18)13(20)19(17-16-12)6-7-21-10-4-2-9(14)3-5-10/h2-5,8H,6-7,14H2,1H3. The SMILES string of the molecule is Cn1ncc2c(=O)n(CCOc3ccc(N)cc3)nnc21. The lowest BCUT2D eigenvalue weighted by Crippen LogP contribution is -2.26. The van der Waals surface area contributed by atoms with Crippen molar-refractivity contribution in [3.8, 4) is 5.75 Å². The van der Waals surface area contributed by atoms with Crippen LogP contribution in [0.3, 0.4) is 0 Å². The zero-order chi connectivity index (χ0) is 14.8. The van der Waals surface area contributed by atoms with Crippen LogP contribution in [0.4, 0.5) is 5.69 Å². The smallest absolute Gasteiger partial charge is 0.280 e. The molecule has 108 valence electrons. The van der Waals surface area contributed by atoms with E-state index in [1.54, 1.807) is 31.3 Å². The lowest BCUT2D eigenvalue weighted by molar-refractivity contribution is 0.285. The lowest BCUT2D eigenvalue weighted by Gasteiger charge is -2.07. The number of nitrogens with zero attached hydrogens (tertiary/aromatic N) is 5. The minimum Gasteiger partial charge on any atom is -0.492 e. The zero-order valence-corrected chi connectivity index (χ0v) is 11.4. The number of nitrogens with two attached hydrogens (primary N) is 1. The molecule has 3 rings (SSSR count). The molecule has 0 spiro atoms. The van der Waals surface area contributed by atoms with Gasteiger partial charge in [0.25, 0.3) is 5.56 Å². The molecular formula is C13H14N6O2. The summed E-state index contributed by atoms with van der Waals surface area (Å²) in [4.78, 5) is 12.2. The molecule has 0 unspecified atom stereocenters. The third-order valence-electron chi connectivity index (χ3n) is 3.07. The van der Waals surface area contributed by atoms with E-state index in [4.69, 9.17) is 10.5 Å². The summed E-state index contributed by atoms with van der Waals surface area (Å²) in [5.74, 6) is 0.688. The Bertz CT molecular complexity index is 821. The van der Waals surface area contributed by atoms with Gasteiger partial charge in [0.05, 0.1) is 12.7 Å². The molecule has 0 saturated heterocycles. The maximum atomic E-state index is 12.2. The van der Waals surface area contributed by atoms with Crippen LogP contribution in [0.5, 0.6) is 5.75 Å². The number of nitrogen functional groups attached to an aromatic ring is 1. The first-order valence-electron chi connectivity index (χ1n) is 6.39. The quantitative estimate of drug-likeness (QED) is 0.687. The summed E-state index contributed by atoms with van der Waals surface area (Å²) < 4.78 is 8.31. The second kappa shape index (κ2) is 5.23. The van der Waals surface area contributed by atoms with Gasteiger partial charge in [0.15, 0.2) is 5.65 Å². The van der Waals surface area contributed by atoms with E-state index in [1.807, 2.05) is 0 Å². The Hall–Kier alpha value is -2.90. The second-order valence-corrected chi connectivity index (χ2v) is 4.54. The van der Waals surface area contributed by atoms with Crippen molar-refractivity contribution < 1.29 is 4.74 Å². The molecule has 2 N–H and O–H groups in total. The predicted octanol–water partition coefficient (Wildman–Crippen LogP) is 0.186. The molecule has 8 heteroatoms. The second-order valence-electron chi connectivity index (χ2n) is 4.54. The van der Waals surface area contributed by atoms with Crippen LogP contribution in [-0.2, 0) is 13.6 Å². The Morgan fingerprint density at radius 3 is 2.81 bits per heavy atom. The zero-order valence-electron chi connectivity index (χ0n) is 11.4. The molecule has 0 aliphatic rings. The molecule has 3 aromatic rings. The van der Waals surface area contributed by atoms with Gasteiger partial charge in [-0.2, -0.15) is 5.10 Å². The van der Waals surface area contributed by atoms with Crippen molar-refractivity contribution in [2.75, 3.05) is 12.3 Å². The summed E-state index contributed by atoms with van der Waals surface area (Å²) in [5, 5.41) is 12.3. The van der Waals surface area contributed by atoms with Gasteiger partial charge < -0.3 is 10.5 Å². The number of fused-ring (bicyclic) bond motifs is 1. The summed E-state index contributed by atoms with van der Waals surface area (Å²) in [6.45, 7) is 0.616. The maximum absolute atomic E-state index is 12.2. The molecule has 0 fully saturated rings. The highest BCUT2D eigenvalue weighted by molar-refractivity contribution is 5.72. The largest absolute Gasteiger partial charge is 0.492 e. The van der Waals surface area contributed by atoms with Gasteiger partial charge in [-0.05, 0) is 24.3 Å². The molecule has 0 amide bonds. The first kappa shape index (κ1) is 13.1. The molecule has 8 nitrogen and oxygen atoms in total. The molecule has 0 saturated carbocycles. The molecule has 0 bridgehead atoms. The van der Waals surface area contributed by atoms with Crippen molar-refractivity contribution >= 4 is 16.7 Å². The minimum atomic E-state index is -0.228. The van der Waals surface area contributed by atoms with E-state index in [2.05, 4.69) is 15.4 Å². The van der Waals surface area contributed by atoms with Crippen molar-refractivity contribution in [2.24, 2.45) is 7.05 Å². The van der Waals surface area contributed by atoms with E-state index in [1.165, 1.54) is 15.6 Å². The highest BCUT2D eigenvalue weighted by atomic mass is 16.5. The third kappa shape index (κ3) is 2.55. The Labute approximate surface area is 119 Å². The van der Waals surface area contributed by atoms with Crippen molar-refractivity contribution in [3.05, 3.63) is 40.8 Å². The fourth-order valence-corrected chi connectivity index (χ4v) is 1.94. The van der Waals surface area contributed by atoms with Crippen molar-refractivity contribution in [1.82, 2.24) is 24.8 Å². The van der Waals surface area contributed by atoms with Gasteiger partial charge >= 0.3 is 0 Å². The molecule has 2 aromatic heterocycles. The van der Waals surface area contributed by atoms with E-state index in [0.29, 0.717) is 35.6 Å². The number of benzene rings is 1. The van der Waals surface area contributed by atoms with Gasteiger partial charge in [0, 0.05) is 12.7 Å². The van der Waals surface area contributed by atoms with Gasteiger partial charge in [-0.15, -0.1) is 5.10 Å². The van der Waals surface area contributed by atoms with Crippen LogP contribution in [0.15, 0.2) is 35.3 Å². The number of hydrogen-bond donors (Lipinski definition) is 1. The third-order valence-corrected chi connectivity index (χ3v) is 3.07. The summed E-state index contributed by atoms with van der Waals surface area (Å²) in [6.07, 6.45) is 1.49. The maximum Gasteiger partial charge on any atom is 0.280 e. The van der Waals surface area contributed by atoms with Crippen molar-refractivity contribution in [1.29, 1.82) is 0 Å². The van der Waals surface area contributed by atoms with Crippen LogP contribution in [0, 0.1) is 0 Å². The molecule has 0 radical (unpaired) electrons. The average molecular weight is 286 g/mol. The number of aromatic nitrogens is 5. The molecule has 0 aliphatic carbocycles. The normalized spacial score (nSPS) is 10.9. The fraction of sp³-hybridized carbons (Fsp3) is 0.231. The van der Waals surface area contributed by atoms with E-state index in [-0.39, 0.29) is 5.56 Å². The van der Waals surface area contributed by atoms with E-state index < -0.39 is 0 Å². The van der Waals surface area contributed by atoms with Gasteiger partial charge in [-0.1, -0.05) is 5.21 Å². The molecular weight excluding hydrogens is 272 g/mol. The fourth-order valence-electron chi connectivity index (χ4n) is 1.94. The molecule has 1 aromatic carbocycles. The number of ether oxygens (including phenoxy) is 1. The lowest BCUT2D eigenvalue weighted by atomic mass is 10.3. The van der Waals surface area contributed by atoms with Crippen LogP contribution in [-0.4, -0.2) is 31.4 Å². The van der Waals surface area contributed by atoms with Crippen molar-refractivity contribution in [2.45, 2.75) is 6.54 Å². The predicted molar refractivity (Wildman–Crippen MR) is 76.9 cm³/mol. The minimum absolute atomic E-state index is 0.228. The Kier molecular flexibility index (Phi) is 3.27. The number of rotatable bonds is 4. The summed E-state index contributed by atoms with van der Waals surface area (Å²) in [7, 11) is 1.71. The van der Waals surface area contributed by atoms with Gasteiger partial charge in [-0.3, -0.25) is 4.79 Å². The van der Waals surface area contributed by atoms with E-state index in [0.717, 1.165) is 0 Å². The van der Waals surface area contributed by atoms with Gasteiger partial charge in [-0.25, -0.2) is 9.36 Å².